The van der Waals surface area contributed by atoms with E-state index >= 15 is 0 Å². The summed E-state index contributed by atoms with van der Waals surface area (Å²) in [6.07, 6.45) is 1.56. The number of nitrogens with zero attached hydrogens (tertiary/aromatic N) is 4. The second-order valence-electron chi connectivity index (χ2n) is 6.47. The van der Waals surface area contributed by atoms with Crippen molar-refractivity contribution < 1.29 is 19.1 Å². The van der Waals surface area contributed by atoms with E-state index in [-0.39, 0.29) is 24.2 Å². The molecule has 1 fully saturated rings. The molecule has 9 nitrogen and oxygen atoms in total. The topological polar surface area (TPSA) is 88.9 Å². The van der Waals surface area contributed by atoms with Gasteiger partial charge in [0.2, 0.25) is 11.8 Å². The summed E-state index contributed by atoms with van der Waals surface area (Å²) in [7, 11) is 4.79. The maximum Gasteiger partial charge on any atom is 0.258 e. The normalized spacial score (nSPS) is 14.0. The average Bonchev–Trinajstić information content (AvgIpc) is 3.13. The first-order valence-corrected chi connectivity index (χ1v) is 9.04. The van der Waals surface area contributed by atoms with E-state index in [9.17, 15) is 9.59 Å². The molecule has 0 radical (unpaired) electrons. The fourth-order valence-corrected chi connectivity index (χ4v) is 3.14. The number of hydrogen-bond acceptors (Lipinski definition) is 6. The van der Waals surface area contributed by atoms with Crippen molar-refractivity contribution >= 4 is 17.5 Å². The minimum absolute atomic E-state index is 0.0561. The molecule has 1 saturated heterocycles. The Balaban J connectivity index is 1.49. The van der Waals surface area contributed by atoms with Gasteiger partial charge in [0.15, 0.2) is 0 Å². The molecule has 0 atom stereocenters. The third-order valence-electron chi connectivity index (χ3n) is 4.70. The van der Waals surface area contributed by atoms with Crippen molar-refractivity contribution in [2.75, 3.05) is 51.8 Å². The maximum atomic E-state index is 12.4. The molecule has 1 N–H and O–H groups in total. The van der Waals surface area contributed by atoms with Crippen LogP contribution < -0.4 is 19.7 Å². The van der Waals surface area contributed by atoms with Crippen LogP contribution in [0.2, 0.25) is 0 Å². The van der Waals surface area contributed by atoms with Crippen molar-refractivity contribution in [3.8, 4) is 11.6 Å². The zero-order valence-corrected chi connectivity index (χ0v) is 16.3. The first-order chi connectivity index (χ1) is 13.5. The van der Waals surface area contributed by atoms with Crippen LogP contribution in [0.5, 0.6) is 11.6 Å². The van der Waals surface area contributed by atoms with Crippen LogP contribution in [0.15, 0.2) is 30.5 Å². The van der Waals surface area contributed by atoms with Gasteiger partial charge in [0.05, 0.1) is 20.8 Å². The number of aromatic nitrogens is 2. The minimum Gasteiger partial charge on any atom is -0.497 e. The van der Waals surface area contributed by atoms with Gasteiger partial charge in [-0.05, 0) is 24.3 Å². The molecule has 0 saturated carbocycles. The van der Waals surface area contributed by atoms with E-state index in [1.165, 1.54) is 11.8 Å². The number of amides is 2. The molecule has 1 aliphatic rings. The number of ether oxygens (including phenoxy) is 2. The number of hydrogen-bond donors (Lipinski definition) is 1. The van der Waals surface area contributed by atoms with Crippen LogP contribution >= 0.6 is 0 Å². The molecule has 3 rings (SSSR count). The number of carbonyl (C=O) groups is 2. The first-order valence-electron chi connectivity index (χ1n) is 9.04. The van der Waals surface area contributed by atoms with E-state index in [2.05, 4.69) is 15.3 Å². The average molecular weight is 387 g/mol. The molecule has 0 aliphatic carbocycles. The Morgan fingerprint density at radius 3 is 2.36 bits per heavy atom. The van der Waals surface area contributed by atoms with Gasteiger partial charge in [-0.3, -0.25) is 14.3 Å². The lowest BCUT2D eigenvalue weighted by molar-refractivity contribution is -0.130. The summed E-state index contributed by atoms with van der Waals surface area (Å²) in [5, 5.41) is 6.69. The Morgan fingerprint density at radius 1 is 1.07 bits per heavy atom. The van der Waals surface area contributed by atoms with E-state index < -0.39 is 0 Å². The molecule has 2 heterocycles. The highest BCUT2D eigenvalue weighted by molar-refractivity contribution is 5.98. The molecule has 2 amide bonds. The Hall–Kier alpha value is -3.23. The molecule has 2 aromatic rings. The Morgan fingerprint density at radius 2 is 1.75 bits per heavy atom. The Labute approximate surface area is 163 Å². The zero-order valence-electron chi connectivity index (χ0n) is 16.3. The summed E-state index contributed by atoms with van der Waals surface area (Å²) in [4.78, 5) is 28.7. The lowest BCUT2D eigenvalue weighted by Crippen LogP contribution is -2.51. The summed E-state index contributed by atoms with van der Waals surface area (Å²) < 4.78 is 11.8. The molecular weight excluding hydrogens is 362 g/mol. The third kappa shape index (κ3) is 4.36. The number of rotatable bonds is 6. The van der Waals surface area contributed by atoms with Gasteiger partial charge in [-0.2, -0.15) is 0 Å². The molecular formula is C19H25N5O4. The van der Waals surface area contributed by atoms with Crippen molar-refractivity contribution in [1.82, 2.24) is 20.0 Å². The molecule has 1 aliphatic heterocycles. The number of aryl methyl sites for hydroxylation is 1. The standard InChI is InChI=1S/C19H25N5O4/c1-22-13-16(19(21-22)28-3)18(26)20-12-17(25)24-10-8-23(9-11-24)14-4-6-15(27-2)7-5-14/h4-7,13H,8-12H2,1-3H3,(H,20,26). The fraction of sp³-hybridized carbons (Fsp3) is 0.421. The summed E-state index contributed by atoms with van der Waals surface area (Å²) >= 11 is 0. The van der Waals surface area contributed by atoms with E-state index in [1.54, 1.807) is 25.3 Å². The van der Waals surface area contributed by atoms with Crippen molar-refractivity contribution in [1.29, 1.82) is 0 Å². The SMILES string of the molecule is COc1ccc(N2CCN(C(=O)CNC(=O)c3cn(C)nc3OC)CC2)cc1. The molecule has 1 aromatic heterocycles. The van der Waals surface area contributed by atoms with Crippen molar-refractivity contribution in [3.63, 3.8) is 0 Å². The second-order valence-corrected chi connectivity index (χ2v) is 6.47. The number of nitrogens with one attached hydrogen (secondary N) is 1. The highest BCUT2D eigenvalue weighted by atomic mass is 16.5. The van der Waals surface area contributed by atoms with Crippen LogP contribution in [0.25, 0.3) is 0 Å². The lowest BCUT2D eigenvalue weighted by atomic mass is 10.2. The smallest absolute Gasteiger partial charge is 0.258 e. The Kier molecular flexibility index (Phi) is 6.03. The number of anilines is 1. The molecule has 1 aromatic carbocycles. The lowest BCUT2D eigenvalue weighted by Gasteiger charge is -2.36. The van der Waals surface area contributed by atoms with Gasteiger partial charge in [0.1, 0.15) is 11.3 Å². The summed E-state index contributed by atoms with van der Waals surface area (Å²) in [5.41, 5.74) is 1.41. The van der Waals surface area contributed by atoms with Crippen molar-refractivity contribution in [2.45, 2.75) is 0 Å². The molecule has 0 spiro atoms. The predicted molar refractivity (Wildman–Crippen MR) is 104 cm³/mol. The van der Waals surface area contributed by atoms with Crippen LogP contribution in [0.4, 0.5) is 5.69 Å². The van der Waals surface area contributed by atoms with Gasteiger partial charge >= 0.3 is 0 Å². The second kappa shape index (κ2) is 8.64. The summed E-state index contributed by atoms with van der Waals surface area (Å²) in [6.45, 7) is 2.64. The highest BCUT2D eigenvalue weighted by Gasteiger charge is 2.23. The number of piperazine rings is 1. The number of carbonyl (C=O) groups excluding carboxylic acids is 2. The Bertz CT molecular complexity index is 825. The molecule has 150 valence electrons. The van der Waals surface area contributed by atoms with E-state index in [1.807, 2.05) is 24.3 Å². The summed E-state index contributed by atoms with van der Waals surface area (Å²) in [5.74, 6) is 0.569. The maximum absolute atomic E-state index is 12.4. The minimum atomic E-state index is -0.379. The van der Waals surface area contributed by atoms with Gasteiger partial charge < -0.3 is 24.6 Å². The largest absolute Gasteiger partial charge is 0.497 e. The van der Waals surface area contributed by atoms with Gasteiger partial charge in [0.25, 0.3) is 5.91 Å². The van der Waals surface area contributed by atoms with Crippen molar-refractivity contribution in [2.24, 2.45) is 7.05 Å². The van der Waals surface area contributed by atoms with Crippen LogP contribution in [0, 0.1) is 0 Å². The van der Waals surface area contributed by atoms with Crippen LogP contribution in [-0.2, 0) is 11.8 Å². The van der Waals surface area contributed by atoms with Gasteiger partial charge in [-0.15, -0.1) is 5.10 Å². The van der Waals surface area contributed by atoms with Crippen molar-refractivity contribution in [3.05, 3.63) is 36.0 Å². The van der Waals surface area contributed by atoms with Gasteiger partial charge in [-0.25, -0.2) is 0 Å². The van der Waals surface area contributed by atoms with Crippen LogP contribution in [-0.4, -0.2) is 73.4 Å². The first kappa shape index (κ1) is 19.5. The number of methoxy groups -OCH3 is 2. The van der Waals surface area contributed by atoms with Crippen LogP contribution in [0.1, 0.15) is 10.4 Å². The predicted octanol–water partition coefficient (Wildman–Crippen LogP) is 0.516. The third-order valence-corrected chi connectivity index (χ3v) is 4.70. The quantitative estimate of drug-likeness (QED) is 0.777. The monoisotopic (exact) mass is 387 g/mol. The molecule has 9 heteroatoms. The van der Waals surface area contributed by atoms with Crippen LogP contribution in [0.3, 0.4) is 0 Å². The number of benzene rings is 1. The van der Waals surface area contributed by atoms with Gasteiger partial charge in [0, 0.05) is 45.1 Å². The van der Waals surface area contributed by atoms with E-state index in [0.717, 1.165) is 24.5 Å². The fourth-order valence-electron chi connectivity index (χ4n) is 3.14. The molecule has 0 bridgehead atoms. The van der Waals surface area contributed by atoms with E-state index in [4.69, 9.17) is 9.47 Å². The van der Waals surface area contributed by atoms with E-state index in [0.29, 0.717) is 18.7 Å². The highest BCUT2D eigenvalue weighted by Crippen LogP contribution is 2.20. The summed E-state index contributed by atoms with van der Waals surface area (Å²) in [6, 6.07) is 7.87. The van der Waals surface area contributed by atoms with Gasteiger partial charge in [-0.1, -0.05) is 0 Å². The molecule has 28 heavy (non-hydrogen) atoms. The zero-order chi connectivity index (χ0) is 20.1. The molecule has 0 unspecified atom stereocenters.